The van der Waals surface area contributed by atoms with Gasteiger partial charge in [0.15, 0.2) is 0 Å². The first-order valence-corrected chi connectivity index (χ1v) is 6.66. The summed E-state index contributed by atoms with van der Waals surface area (Å²) in [6.07, 6.45) is 0.102. The van der Waals surface area contributed by atoms with E-state index in [1.54, 1.807) is 0 Å². The minimum atomic E-state index is 0.0750. The third-order valence-corrected chi connectivity index (χ3v) is 3.60. The molecule has 0 saturated carbocycles. The standard InChI is InChI=1S/C14H19NO2S/c1-9-4-5-12(18)6-13(9)14(16)15-7-11(3)17-8-10(15)2/h4-6,10-11,18H,7-8H2,1-3H3. The highest BCUT2D eigenvalue weighted by Gasteiger charge is 2.28. The minimum Gasteiger partial charge on any atom is -0.375 e. The van der Waals surface area contributed by atoms with Crippen LogP contribution in [0.1, 0.15) is 29.8 Å². The second kappa shape index (κ2) is 5.33. The maximum Gasteiger partial charge on any atom is 0.254 e. The zero-order valence-electron chi connectivity index (χ0n) is 11.0. The molecule has 2 atom stereocenters. The minimum absolute atomic E-state index is 0.0750. The second-order valence-electron chi connectivity index (χ2n) is 4.95. The van der Waals surface area contributed by atoms with Crippen LogP contribution in [0.5, 0.6) is 0 Å². The van der Waals surface area contributed by atoms with Gasteiger partial charge in [-0.3, -0.25) is 4.79 Å². The summed E-state index contributed by atoms with van der Waals surface area (Å²) in [7, 11) is 0. The predicted octanol–water partition coefficient (Wildman–Crippen LogP) is 2.53. The van der Waals surface area contributed by atoms with E-state index >= 15 is 0 Å². The van der Waals surface area contributed by atoms with Crippen molar-refractivity contribution in [3.8, 4) is 0 Å². The number of aryl methyl sites for hydroxylation is 1. The number of nitrogens with zero attached hydrogens (tertiary/aromatic N) is 1. The van der Waals surface area contributed by atoms with Crippen LogP contribution in [-0.2, 0) is 4.74 Å². The number of hydrogen-bond acceptors (Lipinski definition) is 3. The van der Waals surface area contributed by atoms with Crippen LogP contribution >= 0.6 is 12.6 Å². The van der Waals surface area contributed by atoms with E-state index in [0.29, 0.717) is 13.2 Å². The molecule has 1 aromatic rings. The summed E-state index contributed by atoms with van der Waals surface area (Å²) in [6, 6.07) is 5.80. The fourth-order valence-electron chi connectivity index (χ4n) is 2.18. The molecule has 1 fully saturated rings. The number of benzene rings is 1. The molecule has 0 N–H and O–H groups in total. The van der Waals surface area contributed by atoms with Crippen LogP contribution in [-0.4, -0.2) is 36.1 Å². The lowest BCUT2D eigenvalue weighted by Crippen LogP contribution is -2.50. The smallest absolute Gasteiger partial charge is 0.254 e. The Labute approximate surface area is 114 Å². The zero-order chi connectivity index (χ0) is 13.3. The van der Waals surface area contributed by atoms with Gasteiger partial charge in [-0.1, -0.05) is 6.07 Å². The van der Waals surface area contributed by atoms with E-state index in [-0.39, 0.29) is 18.1 Å². The Morgan fingerprint density at radius 1 is 1.44 bits per heavy atom. The zero-order valence-corrected chi connectivity index (χ0v) is 11.9. The molecule has 18 heavy (non-hydrogen) atoms. The molecular formula is C14H19NO2S. The number of thiol groups is 1. The molecule has 1 aliphatic heterocycles. The highest BCUT2D eigenvalue weighted by molar-refractivity contribution is 7.80. The summed E-state index contributed by atoms with van der Waals surface area (Å²) in [5.74, 6) is 0.0750. The van der Waals surface area contributed by atoms with Gasteiger partial charge in [-0.05, 0) is 38.5 Å². The Bertz CT molecular complexity index is 461. The van der Waals surface area contributed by atoms with Crippen molar-refractivity contribution in [2.45, 2.75) is 37.8 Å². The monoisotopic (exact) mass is 265 g/mol. The second-order valence-corrected chi connectivity index (χ2v) is 5.47. The van der Waals surface area contributed by atoms with Crippen molar-refractivity contribution < 1.29 is 9.53 Å². The maximum atomic E-state index is 12.6. The van der Waals surface area contributed by atoms with Gasteiger partial charge in [0.05, 0.1) is 18.8 Å². The number of amides is 1. The molecule has 4 heteroatoms. The fourth-order valence-corrected chi connectivity index (χ4v) is 2.38. The molecule has 0 radical (unpaired) electrons. The molecule has 1 heterocycles. The van der Waals surface area contributed by atoms with Crippen LogP contribution in [0, 0.1) is 6.92 Å². The van der Waals surface area contributed by atoms with Gasteiger partial charge in [-0.15, -0.1) is 12.6 Å². The lowest BCUT2D eigenvalue weighted by Gasteiger charge is -2.37. The van der Waals surface area contributed by atoms with Crippen LogP contribution in [0.4, 0.5) is 0 Å². The first-order chi connectivity index (χ1) is 8.49. The molecule has 2 unspecified atom stereocenters. The highest BCUT2D eigenvalue weighted by atomic mass is 32.1. The van der Waals surface area contributed by atoms with Gasteiger partial charge >= 0.3 is 0 Å². The lowest BCUT2D eigenvalue weighted by molar-refractivity contribution is -0.0387. The van der Waals surface area contributed by atoms with Crippen LogP contribution in [0.15, 0.2) is 23.1 Å². The van der Waals surface area contributed by atoms with Crippen molar-refractivity contribution >= 4 is 18.5 Å². The number of carbonyl (C=O) groups is 1. The summed E-state index contributed by atoms with van der Waals surface area (Å²) >= 11 is 4.30. The van der Waals surface area contributed by atoms with E-state index in [4.69, 9.17) is 4.74 Å². The van der Waals surface area contributed by atoms with Gasteiger partial charge in [-0.2, -0.15) is 0 Å². The normalized spacial score (nSPS) is 24.1. The predicted molar refractivity (Wildman–Crippen MR) is 74.3 cm³/mol. The van der Waals surface area contributed by atoms with Crippen LogP contribution in [0.2, 0.25) is 0 Å². The highest BCUT2D eigenvalue weighted by Crippen LogP contribution is 2.20. The molecule has 1 aliphatic rings. The lowest BCUT2D eigenvalue weighted by atomic mass is 10.1. The third-order valence-electron chi connectivity index (χ3n) is 3.32. The maximum absolute atomic E-state index is 12.6. The van der Waals surface area contributed by atoms with Gasteiger partial charge in [0, 0.05) is 17.0 Å². The summed E-state index contributed by atoms with van der Waals surface area (Å²) in [4.78, 5) is 15.3. The fraction of sp³-hybridized carbons (Fsp3) is 0.500. The van der Waals surface area contributed by atoms with Crippen molar-refractivity contribution in [1.82, 2.24) is 4.90 Å². The first kappa shape index (κ1) is 13.4. The molecule has 3 nitrogen and oxygen atoms in total. The van der Waals surface area contributed by atoms with Gasteiger partial charge in [-0.25, -0.2) is 0 Å². The van der Waals surface area contributed by atoms with E-state index in [2.05, 4.69) is 12.6 Å². The van der Waals surface area contributed by atoms with Crippen molar-refractivity contribution in [2.24, 2.45) is 0 Å². The van der Waals surface area contributed by atoms with Gasteiger partial charge in [0.1, 0.15) is 0 Å². The summed E-state index contributed by atoms with van der Waals surface area (Å²) in [6.45, 7) is 7.22. The number of hydrogen-bond donors (Lipinski definition) is 1. The molecule has 1 saturated heterocycles. The average Bonchev–Trinajstić information content (AvgIpc) is 2.34. The van der Waals surface area contributed by atoms with Crippen molar-refractivity contribution in [3.63, 3.8) is 0 Å². The molecule has 0 aromatic heterocycles. The van der Waals surface area contributed by atoms with Crippen LogP contribution in [0.3, 0.4) is 0 Å². The number of ether oxygens (including phenoxy) is 1. The summed E-state index contributed by atoms with van der Waals surface area (Å²) in [5.41, 5.74) is 1.73. The topological polar surface area (TPSA) is 29.5 Å². The molecule has 1 amide bonds. The van der Waals surface area contributed by atoms with Gasteiger partial charge in [0.2, 0.25) is 0 Å². The molecule has 1 aromatic carbocycles. The Kier molecular flexibility index (Phi) is 3.97. The average molecular weight is 265 g/mol. The van der Waals surface area contributed by atoms with Gasteiger partial charge < -0.3 is 9.64 Å². The number of carbonyl (C=O) groups excluding carboxylic acids is 1. The molecule has 2 rings (SSSR count). The Hall–Kier alpha value is -1.00. The van der Waals surface area contributed by atoms with E-state index in [1.807, 2.05) is 43.9 Å². The molecule has 0 bridgehead atoms. The summed E-state index contributed by atoms with van der Waals surface area (Å²) < 4.78 is 5.55. The SMILES string of the molecule is Cc1ccc(S)cc1C(=O)N1CC(C)OCC1C. The van der Waals surface area contributed by atoms with E-state index < -0.39 is 0 Å². The van der Waals surface area contributed by atoms with Crippen LogP contribution < -0.4 is 0 Å². The first-order valence-electron chi connectivity index (χ1n) is 6.21. The van der Waals surface area contributed by atoms with Crippen LogP contribution in [0.25, 0.3) is 0 Å². The Morgan fingerprint density at radius 3 is 2.89 bits per heavy atom. The van der Waals surface area contributed by atoms with Gasteiger partial charge in [0.25, 0.3) is 5.91 Å². The molecule has 0 spiro atoms. The summed E-state index contributed by atoms with van der Waals surface area (Å²) in [5, 5.41) is 0. The molecule has 98 valence electrons. The van der Waals surface area contributed by atoms with E-state index in [9.17, 15) is 4.79 Å². The van der Waals surface area contributed by atoms with E-state index in [1.165, 1.54) is 0 Å². The largest absolute Gasteiger partial charge is 0.375 e. The third kappa shape index (κ3) is 2.70. The molecule has 0 aliphatic carbocycles. The van der Waals surface area contributed by atoms with Crippen molar-refractivity contribution in [1.29, 1.82) is 0 Å². The Balaban J connectivity index is 2.27. The molecular weight excluding hydrogens is 246 g/mol. The van der Waals surface area contributed by atoms with Crippen molar-refractivity contribution in [2.75, 3.05) is 13.2 Å². The number of morpholine rings is 1. The van der Waals surface area contributed by atoms with E-state index in [0.717, 1.165) is 16.0 Å². The number of rotatable bonds is 1. The van der Waals surface area contributed by atoms with Crippen molar-refractivity contribution in [3.05, 3.63) is 29.3 Å². The quantitative estimate of drug-likeness (QED) is 0.791. The Morgan fingerprint density at radius 2 is 2.17 bits per heavy atom.